The number of thioether (sulfide) groups is 1. The molecule has 1 amide bonds. The molecule has 0 aliphatic carbocycles. The van der Waals surface area contributed by atoms with Crippen molar-refractivity contribution < 1.29 is 4.79 Å². The van der Waals surface area contributed by atoms with E-state index in [1.165, 1.54) is 11.8 Å². The molecule has 1 fully saturated rings. The Morgan fingerprint density at radius 2 is 1.84 bits per heavy atom. The summed E-state index contributed by atoms with van der Waals surface area (Å²) in [5.41, 5.74) is 1.96. The van der Waals surface area contributed by atoms with Crippen LogP contribution in [0, 0.1) is 0 Å². The molecule has 6 heteroatoms. The highest BCUT2D eigenvalue weighted by Gasteiger charge is 2.31. The topological polar surface area (TPSA) is 32.3 Å². The molecule has 1 aliphatic heterocycles. The van der Waals surface area contributed by atoms with Crippen LogP contribution in [0.25, 0.3) is 6.08 Å². The third-order valence-electron chi connectivity index (χ3n) is 3.49. The highest BCUT2D eigenvalue weighted by Crippen LogP contribution is 2.31. The van der Waals surface area contributed by atoms with Crippen molar-refractivity contribution in [1.82, 2.24) is 4.90 Å². The predicted molar refractivity (Wildman–Crippen MR) is 111 cm³/mol. The second kappa shape index (κ2) is 8.34. The van der Waals surface area contributed by atoms with Crippen molar-refractivity contribution >= 4 is 57.6 Å². The standard InChI is InChI=1S/C19H15ClN2OS2/c20-15-9-11-16(12-10-15)21-13-22-18(23)17(25-19(22)24)8-4-7-14-5-2-1-3-6-14/h1-12,21H,13H2. The maximum absolute atomic E-state index is 12.5. The number of anilines is 1. The van der Waals surface area contributed by atoms with Crippen LogP contribution in [0.3, 0.4) is 0 Å². The van der Waals surface area contributed by atoms with E-state index < -0.39 is 0 Å². The minimum Gasteiger partial charge on any atom is -0.367 e. The maximum atomic E-state index is 12.5. The molecular formula is C19H15ClN2OS2. The van der Waals surface area contributed by atoms with Gasteiger partial charge in [0.2, 0.25) is 0 Å². The molecule has 1 aliphatic rings. The summed E-state index contributed by atoms with van der Waals surface area (Å²) in [4.78, 5) is 14.7. The SMILES string of the molecule is O=C1C(=CC=Cc2ccccc2)SC(=S)N1CNc1ccc(Cl)cc1. The van der Waals surface area contributed by atoms with Crippen molar-refractivity contribution in [3.63, 3.8) is 0 Å². The van der Waals surface area contributed by atoms with Crippen LogP contribution in [-0.4, -0.2) is 21.8 Å². The lowest BCUT2D eigenvalue weighted by molar-refractivity contribution is -0.121. The Kier molecular flexibility index (Phi) is 5.91. The molecule has 0 radical (unpaired) electrons. The fourth-order valence-electron chi connectivity index (χ4n) is 2.20. The zero-order chi connectivity index (χ0) is 17.6. The minimum atomic E-state index is -0.0887. The number of carbonyl (C=O) groups is 1. The van der Waals surface area contributed by atoms with Crippen LogP contribution >= 0.6 is 35.6 Å². The molecule has 0 aromatic heterocycles. The highest BCUT2D eigenvalue weighted by atomic mass is 35.5. The molecule has 126 valence electrons. The number of nitrogens with zero attached hydrogens (tertiary/aromatic N) is 1. The van der Waals surface area contributed by atoms with E-state index in [1.807, 2.05) is 54.6 Å². The van der Waals surface area contributed by atoms with E-state index in [0.29, 0.717) is 20.9 Å². The lowest BCUT2D eigenvalue weighted by Gasteiger charge is -2.16. The van der Waals surface area contributed by atoms with E-state index in [0.717, 1.165) is 11.3 Å². The van der Waals surface area contributed by atoms with Crippen LogP contribution < -0.4 is 5.32 Å². The lowest BCUT2D eigenvalue weighted by Crippen LogP contribution is -2.33. The first-order chi connectivity index (χ1) is 12.1. The van der Waals surface area contributed by atoms with Gasteiger partial charge in [-0.05, 0) is 35.9 Å². The fourth-order valence-corrected chi connectivity index (χ4v) is 3.53. The number of carbonyl (C=O) groups excluding carboxylic acids is 1. The summed E-state index contributed by atoms with van der Waals surface area (Å²) in [5.74, 6) is -0.0887. The maximum Gasteiger partial charge on any atom is 0.267 e. The fraction of sp³-hybridized carbons (Fsp3) is 0.0526. The van der Waals surface area contributed by atoms with Crippen LogP contribution in [0.5, 0.6) is 0 Å². The number of rotatable bonds is 5. The lowest BCUT2D eigenvalue weighted by atomic mass is 10.2. The molecule has 25 heavy (non-hydrogen) atoms. The Bertz CT molecular complexity index is 832. The first kappa shape index (κ1) is 17.7. The van der Waals surface area contributed by atoms with Gasteiger partial charge < -0.3 is 5.32 Å². The first-order valence-electron chi connectivity index (χ1n) is 7.60. The van der Waals surface area contributed by atoms with Gasteiger partial charge in [-0.1, -0.05) is 78.1 Å². The molecule has 2 aromatic carbocycles. The third kappa shape index (κ3) is 4.72. The Morgan fingerprint density at radius 1 is 1.12 bits per heavy atom. The van der Waals surface area contributed by atoms with E-state index in [4.69, 9.17) is 23.8 Å². The second-order valence-corrected chi connectivity index (χ2v) is 7.36. The average molecular weight is 387 g/mol. The van der Waals surface area contributed by atoms with Crippen LogP contribution in [0.2, 0.25) is 5.02 Å². The molecule has 2 aromatic rings. The van der Waals surface area contributed by atoms with Crippen LogP contribution in [0.4, 0.5) is 5.69 Å². The zero-order valence-electron chi connectivity index (χ0n) is 13.2. The van der Waals surface area contributed by atoms with E-state index in [2.05, 4.69) is 5.32 Å². The summed E-state index contributed by atoms with van der Waals surface area (Å²) >= 11 is 12.5. The molecule has 1 saturated heterocycles. The van der Waals surface area contributed by atoms with E-state index >= 15 is 0 Å². The Morgan fingerprint density at radius 3 is 2.56 bits per heavy atom. The third-order valence-corrected chi connectivity index (χ3v) is 5.14. The van der Waals surface area contributed by atoms with Crippen LogP contribution in [-0.2, 0) is 4.79 Å². The summed E-state index contributed by atoms with van der Waals surface area (Å²) < 4.78 is 0.547. The predicted octanol–water partition coefficient (Wildman–Crippen LogP) is 5.17. The average Bonchev–Trinajstić information content (AvgIpc) is 2.89. The zero-order valence-corrected chi connectivity index (χ0v) is 15.6. The number of amides is 1. The monoisotopic (exact) mass is 386 g/mol. The van der Waals surface area contributed by atoms with Crippen molar-refractivity contribution in [2.75, 3.05) is 12.0 Å². The van der Waals surface area contributed by atoms with Gasteiger partial charge in [-0.3, -0.25) is 9.69 Å². The molecule has 1 N–H and O–H groups in total. The highest BCUT2D eigenvalue weighted by molar-refractivity contribution is 8.26. The van der Waals surface area contributed by atoms with Crippen molar-refractivity contribution in [3.8, 4) is 0 Å². The van der Waals surface area contributed by atoms with Gasteiger partial charge in [0.1, 0.15) is 4.32 Å². The summed E-state index contributed by atoms with van der Waals surface area (Å²) in [7, 11) is 0. The van der Waals surface area contributed by atoms with Crippen molar-refractivity contribution in [2.24, 2.45) is 0 Å². The van der Waals surface area contributed by atoms with Crippen LogP contribution in [0.15, 0.2) is 71.7 Å². The van der Waals surface area contributed by atoms with Crippen LogP contribution in [0.1, 0.15) is 5.56 Å². The molecule has 0 saturated carbocycles. The molecule has 1 heterocycles. The first-order valence-corrected chi connectivity index (χ1v) is 9.20. The minimum absolute atomic E-state index is 0.0887. The number of hydrogen-bond acceptors (Lipinski definition) is 4. The second-order valence-electron chi connectivity index (χ2n) is 5.24. The van der Waals surface area contributed by atoms with Crippen molar-refractivity contribution in [3.05, 3.63) is 82.2 Å². The van der Waals surface area contributed by atoms with Gasteiger partial charge in [0.25, 0.3) is 5.91 Å². The van der Waals surface area contributed by atoms with E-state index in [9.17, 15) is 4.79 Å². The Balaban J connectivity index is 1.62. The smallest absolute Gasteiger partial charge is 0.267 e. The largest absolute Gasteiger partial charge is 0.367 e. The van der Waals surface area contributed by atoms with E-state index in [1.54, 1.807) is 23.1 Å². The molecule has 3 nitrogen and oxygen atoms in total. The van der Waals surface area contributed by atoms with Gasteiger partial charge >= 0.3 is 0 Å². The summed E-state index contributed by atoms with van der Waals surface area (Å²) in [6.45, 7) is 0.325. The summed E-state index contributed by atoms with van der Waals surface area (Å²) in [6.07, 6.45) is 5.63. The van der Waals surface area contributed by atoms with Crippen molar-refractivity contribution in [2.45, 2.75) is 0 Å². The molecule has 0 spiro atoms. The van der Waals surface area contributed by atoms with Gasteiger partial charge in [0.05, 0.1) is 11.6 Å². The van der Waals surface area contributed by atoms with Gasteiger partial charge in [-0.2, -0.15) is 0 Å². The number of hydrogen-bond donors (Lipinski definition) is 1. The quantitative estimate of drug-likeness (QED) is 0.567. The summed E-state index contributed by atoms with van der Waals surface area (Å²) in [6, 6.07) is 17.2. The molecular weight excluding hydrogens is 372 g/mol. The van der Waals surface area contributed by atoms with Gasteiger partial charge in [0, 0.05) is 10.7 Å². The molecule has 0 atom stereocenters. The number of allylic oxidation sites excluding steroid dienone is 2. The molecule has 0 bridgehead atoms. The number of halogens is 1. The van der Waals surface area contributed by atoms with Crippen molar-refractivity contribution in [1.29, 1.82) is 0 Å². The van der Waals surface area contributed by atoms with Gasteiger partial charge in [-0.25, -0.2) is 0 Å². The van der Waals surface area contributed by atoms with Gasteiger partial charge in [-0.15, -0.1) is 0 Å². The Hall–Kier alpha value is -2.08. The normalized spacial score (nSPS) is 16.2. The molecule has 3 rings (SSSR count). The Labute approximate surface area is 161 Å². The number of thiocarbonyl (C=S) groups is 1. The molecule has 0 unspecified atom stereocenters. The number of nitrogens with one attached hydrogen (secondary N) is 1. The van der Waals surface area contributed by atoms with Gasteiger partial charge in [0.15, 0.2) is 0 Å². The van der Waals surface area contributed by atoms with E-state index in [-0.39, 0.29) is 5.91 Å². The summed E-state index contributed by atoms with van der Waals surface area (Å²) in [5, 5.41) is 3.85. The number of benzene rings is 2.